The molecule has 1 heterocycles. The summed E-state index contributed by atoms with van der Waals surface area (Å²) in [6.07, 6.45) is 3.20. The number of carbonyl (C=O) groups excluding carboxylic acids is 1. The van der Waals surface area contributed by atoms with Gasteiger partial charge in [-0.15, -0.1) is 0 Å². The predicted molar refractivity (Wildman–Crippen MR) is 101 cm³/mol. The number of hydrogen-bond acceptors (Lipinski definition) is 6. The molecule has 0 radical (unpaired) electrons. The number of para-hydroxylation sites is 1. The maximum atomic E-state index is 12.2. The van der Waals surface area contributed by atoms with Crippen LogP contribution in [-0.4, -0.2) is 23.4 Å². The first kappa shape index (κ1) is 18.1. The van der Waals surface area contributed by atoms with Crippen LogP contribution in [0.25, 0.3) is 6.08 Å². The van der Waals surface area contributed by atoms with Crippen molar-refractivity contribution in [3.63, 3.8) is 0 Å². The molecule has 0 atom stereocenters. The van der Waals surface area contributed by atoms with Crippen LogP contribution in [0.4, 0.5) is 5.69 Å². The van der Waals surface area contributed by atoms with Gasteiger partial charge in [0, 0.05) is 22.8 Å². The number of esters is 1. The molecule has 1 aliphatic rings. The Kier molecular flexibility index (Phi) is 5.12. The molecule has 0 fully saturated rings. The van der Waals surface area contributed by atoms with Gasteiger partial charge in [-0.1, -0.05) is 30.9 Å². The highest BCUT2D eigenvalue weighted by Gasteiger charge is 2.25. The van der Waals surface area contributed by atoms with E-state index in [4.69, 9.17) is 9.47 Å². The minimum atomic E-state index is -0.598. The van der Waals surface area contributed by atoms with E-state index in [2.05, 4.69) is 11.6 Å². The Balaban J connectivity index is 1.93. The molecule has 0 N–H and O–H groups in total. The van der Waals surface area contributed by atoms with Crippen molar-refractivity contribution < 1.29 is 19.2 Å². The third kappa shape index (κ3) is 3.92. The minimum Gasteiger partial charge on any atom is -0.489 e. The summed E-state index contributed by atoms with van der Waals surface area (Å²) in [6.45, 7) is 5.56. The topological polar surface area (TPSA) is 91.0 Å². The number of benzene rings is 2. The van der Waals surface area contributed by atoms with E-state index in [1.165, 1.54) is 12.1 Å². The van der Waals surface area contributed by atoms with Crippen molar-refractivity contribution in [1.29, 1.82) is 0 Å². The molecule has 1 aliphatic heterocycles. The van der Waals surface area contributed by atoms with Gasteiger partial charge in [0.1, 0.15) is 12.4 Å². The predicted octanol–water partition coefficient (Wildman–Crippen LogP) is 3.81. The minimum absolute atomic E-state index is 0.00673. The van der Waals surface area contributed by atoms with E-state index in [0.29, 0.717) is 29.0 Å². The molecular formula is C20H16N2O5. The Hall–Kier alpha value is -3.74. The number of nitro benzene ring substituents is 1. The molecule has 2 aromatic carbocycles. The Labute approximate surface area is 155 Å². The zero-order valence-electron chi connectivity index (χ0n) is 14.5. The first-order valence-electron chi connectivity index (χ1n) is 8.10. The third-order valence-corrected chi connectivity index (χ3v) is 3.83. The Morgan fingerprint density at radius 3 is 2.78 bits per heavy atom. The second-order valence-electron chi connectivity index (χ2n) is 5.73. The number of cyclic esters (lactones) is 1. The summed E-state index contributed by atoms with van der Waals surface area (Å²) in [5.41, 5.74) is 1.74. The van der Waals surface area contributed by atoms with Crippen molar-refractivity contribution in [2.75, 3.05) is 6.61 Å². The van der Waals surface area contributed by atoms with Gasteiger partial charge in [-0.25, -0.2) is 9.79 Å². The summed E-state index contributed by atoms with van der Waals surface area (Å²) in [5.74, 6) is 0.0980. The number of carbonyl (C=O) groups is 1. The van der Waals surface area contributed by atoms with Gasteiger partial charge < -0.3 is 9.47 Å². The van der Waals surface area contributed by atoms with Gasteiger partial charge in [0.2, 0.25) is 5.90 Å². The Morgan fingerprint density at radius 1 is 1.30 bits per heavy atom. The quantitative estimate of drug-likeness (QED) is 0.255. The zero-order valence-corrected chi connectivity index (χ0v) is 14.5. The average molecular weight is 364 g/mol. The first-order chi connectivity index (χ1) is 13.0. The maximum absolute atomic E-state index is 12.2. The van der Waals surface area contributed by atoms with Crippen LogP contribution in [0.1, 0.15) is 16.7 Å². The highest BCUT2D eigenvalue weighted by Crippen LogP contribution is 2.26. The lowest BCUT2D eigenvalue weighted by Crippen LogP contribution is -2.06. The van der Waals surface area contributed by atoms with E-state index in [9.17, 15) is 14.9 Å². The fraction of sp³-hybridized carbons (Fsp3) is 0.100. The second-order valence-corrected chi connectivity index (χ2v) is 5.73. The lowest BCUT2D eigenvalue weighted by Gasteiger charge is -2.06. The number of hydrogen-bond donors (Lipinski definition) is 0. The average Bonchev–Trinajstić information content (AvgIpc) is 3.01. The van der Waals surface area contributed by atoms with Crippen LogP contribution in [0.2, 0.25) is 0 Å². The monoisotopic (exact) mass is 364 g/mol. The maximum Gasteiger partial charge on any atom is 0.363 e. The molecule has 27 heavy (non-hydrogen) atoms. The standard InChI is InChI=1S/C20H16N2O5/c1-3-10-26-18-7-5-4-6-14(18)12-16-20(23)27-19(21-16)15-8-9-17(22(24)25)13(2)11-15/h3-9,11-12H,1,10H2,2H3/b16-12-. The Bertz CT molecular complexity index is 992. The molecule has 0 bridgehead atoms. The second kappa shape index (κ2) is 7.65. The molecule has 0 amide bonds. The molecule has 0 unspecified atom stereocenters. The summed E-state index contributed by atoms with van der Waals surface area (Å²) in [6, 6.07) is 11.6. The van der Waals surface area contributed by atoms with E-state index in [1.54, 1.807) is 37.3 Å². The lowest BCUT2D eigenvalue weighted by atomic mass is 10.1. The van der Waals surface area contributed by atoms with Crippen molar-refractivity contribution >= 4 is 23.6 Å². The fourth-order valence-corrected chi connectivity index (χ4v) is 2.55. The highest BCUT2D eigenvalue weighted by atomic mass is 16.6. The molecule has 0 saturated heterocycles. The van der Waals surface area contributed by atoms with Crippen molar-refractivity contribution in [1.82, 2.24) is 0 Å². The smallest absolute Gasteiger partial charge is 0.363 e. The molecule has 0 spiro atoms. The van der Waals surface area contributed by atoms with E-state index in [1.807, 2.05) is 12.1 Å². The van der Waals surface area contributed by atoms with Crippen LogP contribution in [0.15, 0.2) is 65.8 Å². The first-order valence-corrected chi connectivity index (χ1v) is 8.10. The van der Waals surface area contributed by atoms with Gasteiger partial charge in [0.25, 0.3) is 5.69 Å². The summed E-state index contributed by atoms with van der Waals surface area (Å²) in [5, 5.41) is 10.9. The highest BCUT2D eigenvalue weighted by molar-refractivity contribution is 6.13. The summed E-state index contributed by atoms with van der Waals surface area (Å²) < 4.78 is 10.8. The molecule has 0 aromatic heterocycles. The molecule has 2 aromatic rings. The largest absolute Gasteiger partial charge is 0.489 e. The molecule has 0 saturated carbocycles. The summed E-state index contributed by atoms with van der Waals surface area (Å²) in [4.78, 5) is 26.9. The van der Waals surface area contributed by atoms with Gasteiger partial charge in [0.15, 0.2) is 5.70 Å². The van der Waals surface area contributed by atoms with Gasteiger partial charge in [-0.2, -0.15) is 0 Å². The van der Waals surface area contributed by atoms with E-state index >= 15 is 0 Å². The van der Waals surface area contributed by atoms with Crippen molar-refractivity contribution in [2.24, 2.45) is 4.99 Å². The lowest BCUT2D eigenvalue weighted by molar-refractivity contribution is -0.385. The summed E-state index contributed by atoms with van der Waals surface area (Å²) >= 11 is 0. The Morgan fingerprint density at radius 2 is 2.07 bits per heavy atom. The summed E-state index contributed by atoms with van der Waals surface area (Å²) in [7, 11) is 0. The molecule has 7 heteroatoms. The third-order valence-electron chi connectivity index (χ3n) is 3.83. The van der Waals surface area contributed by atoms with Crippen LogP contribution in [0, 0.1) is 17.0 Å². The van der Waals surface area contributed by atoms with Gasteiger partial charge in [-0.3, -0.25) is 10.1 Å². The van der Waals surface area contributed by atoms with Gasteiger partial charge in [-0.05, 0) is 31.2 Å². The van der Waals surface area contributed by atoms with Crippen molar-refractivity contribution in [3.8, 4) is 5.75 Å². The van der Waals surface area contributed by atoms with Crippen LogP contribution in [0.3, 0.4) is 0 Å². The number of ether oxygens (including phenoxy) is 2. The number of nitrogens with zero attached hydrogens (tertiary/aromatic N) is 2. The molecule has 136 valence electrons. The molecule has 3 rings (SSSR count). The van der Waals surface area contributed by atoms with E-state index < -0.39 is 10.9 Å². The van der Waals surface area contributed by atoms with Crippen LogP contribution < -0.4 is 4.74 Å². The van der Waals surface area contributed by atoms with Crippen LogP contribution in [-0.2, 0) is 9.53 Å². The molecule has 7 nitrogen and oxygen atoms in total. The number of aryl methyl sites for hydroxylation is 1. The number of aliphatic imine (C=N–C) groups is 1. The SMILES string of the molecule is C=CCOc1ccccc1/C=C1\N=C(c2ccc([N+](=O)[O-])c(C)c2)OC1=O. The van der Waals surface area contributed by atoms with Crippen LogP contribution >= 0.6 is 0 Å². The number of rotatable bonds is 6. The van der Waals surface area contributed by atoms with Crippen molar-refractivity contribution in [3.05, 3.63) is 87.6 Å². The van der Waals surface area contributed by atoms with Gasteiger partial charge >= 0.3 is 5.97 Å². The number of nitro groups is 1. The fourth-order valence-electron chi connectivity index (χ4n) is 2.55. The molecule has 0 aliphatic carbocycles. The van der Waals surface area contributed by atoms with Gasteiger partial charge in [0.05, 0.1) is 4.92 Å². The zero-order chi connectivity index (χ0) is 19.4. The normalized spacial score (nSPS) is 14.6. The van der Waals surface area contributed by atoms with Crippen molar-refractivity contribution in [2.45, 2.75) is 6.92 Å². The van der Waals surface area contributed by atoms with Crippen LogP contribution in [0.5, 0.6) is 5.75 Å². The van der Waals surface area contributed by atoms with E-state index in [-0.39, 0.29) is 17.3 Å². The van der Waals surface area contributed by atoms with E-state index in [0.717, 1.165) is 0 Å². The molecular weight excluding hydrogens is 348 g/mol.